The summed E-state index contributed by atoms with van der Waals surface area (Å²) in [5.74, 6) is -1.26. The Hall–Kier alpha value is -3.48. The van der Waals surface area contributed by atoms with Crippen molar-refractivity contribution in [3.8, 4) is 11.5 Å². The number of ketones is 3. The molecule has 0 saturated heterocycles. The molecular formula is C24H26O7. The van der Waals surface area contributed by atoms with Crippen LogP contribution in [0.5, 0.6) is 11.5 Å². The number of hydrogen-bond donors (Lipinski definition) is 0. The number of Topliss-reactive ketones (excluding diaryl/α,β-unsaturated/α-hetero) is 3. The van der Waals surface area contributed by atoms with E-state index in [9.17, 15) is 19.2 Å². The van der Waals surface area contributed by atoms with E-state index in [0.717, 1.165) is 0 Å². The van der Waals surface area contributed by atoms with Crippen LogP contribution in [0.15, 0.2) is 48.5 Å². The van der Waals surface area contributed by atoms with Gasteiger partial charge in [0, 0.05) is 24.0 Å². The first-order chi connectivity index (χ1) is 14.8. The van der Waals surface area contributed by atoms with E-state index in [2.05, 4.69) is 0 Å². The first kappa shape index (κ1) is 23.8. The summed E-state index contributed by atoms with van der Waals surface area (Å²) in [4.78, 5) is 51.4. The topological polar surface area (TPSA) is 96.0 Å². The highest BCUT2D eigenvalue weighted by Crippen LogP contribution is 2.34. The van der Waals surface area contributed by atoms with Crippen molar-refractivity contribution < 1.29 is 33.4 Å². The van der Waals surface area contributed by atoms with Gasteiger partial charge in [-0.15, -0.1) is 0 Å². The van der Waals surface area contributed by atoms with Crippen LogP contribution in [-0.2, 0) is 14.3 Å². The lowest BCUT2D eigenvalue weighted by atomic mass is 9.73. The Balaban J connectivity index is 2.38. The van der Waals surface area contributed by atoms with E-state index in [-0.39, 0.29) is 6.61 Å². The zero-order valence-electron chi connectivity index (χ0n) is 18.1. The number of rotatable bonds is 11. The van der Waals surface area contributed by atoms with Crippen molar-refractivity contribution >= 4 is 23.3 Å². The standard InChI is InChI=1S/C24H26O7/c1-5-31-23(28)24(16(2)25,14-21(26)17-6-10-19(29-3)11-7-17)15-22(27)18-8-12-20(30-4)13-9-18/h6-13H,5,14-15H2,1-4H3. The second-order valence-corrected chi connectivity index (χ2v) is 7.02. The predicted molar refractivity (Wildman–Crippen MR) is 114 cm³/mol. The molecule has 0 fully saturated rings. The molecule has 0 N–H and O–H groups in total. The average molecular weight is 426 g/mol. The summed E-state index contributed by atoms with van der Waals surface area (Å²) in [6.07, 6.45) is -0.954. The smallest absolute Gasteiger partial charge is 0.320 e. The Kier molecular flexibility index (Phi) is 8.07. The van der Waals surface area contributed by atoms with Crippen LogP contribution < -0.4 is 9.47 Å². The molecule has 7 nitrogen and oxygen atoms in total. The fourth-order valence-corrected chi connectivity index (χ4v) is 3.17. The lowest BCUT2D eigenvalue weighted by Gasteiger charge is -2.28. The van der Waals surface area contributed by atoms with Crippen molar-refractivity contribution in [2.24, 2.45) is 5.41 Å². The fraction of sp³-hybridized carbons (Fsp3) is 0.333. The Morgan fingerprint density at radius 2 is 1.13 bits per heavy atom. The maximum atomic E-state index is 12.9. The molecule has 2 aromatic rings. The average Bonchev–Trinajstić information content (AvgIpc) is 2.78. The zero-order valence-corrected chi connectivity index (χ0v) is 18.1. The Morgan fingerprint density at radius 3 is 1.42 bits per heavy atom. The molecule has 0 unspecified atom stereocenters. The maximum Gasteiger partial charge on any atom is 0.320 e. The van der Waals surface area contributed by atoms with E-state index in [4.69, 9.17) is 14.2 Å². The van der Waals surface area contributed by atoms with Gasteiger partial charge in [-0.1, -0.05) is 0 Å². The second kappa shape index (κ2) is 10.5. The van der Waals surface area contributed by atoms with Gasteiger partial charge in [-0.2, -0.15) is 0 Å². The molecule has 2 aromatic carbocycles. The zero-order chi connectivity index (χ0) is 23.0. The Bertz CT molecular complexity index is 881. The molecule has 0 atom stereocenters. The minimum absolute atomic E-state index is 0.0152. The highest BCUT2D eigenvalue weighted by molar-refractivity contribution is 6.13. The molecule has 0 aliphatic heterocycles. The number of benzene rings is 2. The van der Waals surface area contributed by atoms with Crippen molar-refractivity contribution in [1.29, 1.82) is 0 Å². The highest BCUT2D eigenvalue weighted by atomic mass is 16.5. The molecule has 7 heteroatoms. The van der Waals surface area contributed by atoms with E-state index < -0.39 is 41.6 Å². The van der Waals surface area contributed by atoms with Crippen molar-refractivity contribution in [2.75, 3.05) is 20.8 Å². The monoisotopic (exact) mass is 426 g/mol. The van der Waals surface area contributed by atoms with Gasteiger partial charge in [-0.25, -0.2) is 0 Å². The van der Waals surface area contributed by atoms with E-state index in [1.165, 1.54) is 21.1 Å². The predicted octanol–water partition coefficient (Wildman–Crippen LogP) is 3.69. The summed E-state index contributed by atoms with van der Waals surface area (Å²) >= 11 is 0. The van der Waals surface area contributed by atoms with E-state index in [1.807, 2.05) is 0 Å². The number of ether oxygens (including phenoxy) is 3. The van der Waals surface area contributed by atoms with Crippen molar-refractivity contribution in [2.45, 2.75) is 26.7 Å². The SMILES string of the molecule is CCOC(=O)C(CC(=O)c1ccc(OC)cc1)(CC(=O)c1ccc(OC)cc1)C(C)=O. The van der Waals surface area contributed by atoms with Gasteiger partial charge in [0.2, 0.25) is 0 Å². The minimum atomic E-state index is -1.91. The maximum absolute atomic E-state index is 12.9. The summed E-state index contributed by atoms with van der Waals surface area (Å²) in [5.41, 5.74) is -1.32. The molecule has 0 saturated carbocycles. The van der Waals surface area contributed by atoms with E-state index >= 15 is 0 Å². The summed E-state index contributed by atoms with van der Waals surface area (Å²) in [6.45, 7) is 2.81. The third-order valence-corrected chi connectivity index (χ3v) is 5.09. The lowest BCUT2D eigenvalue weighted by Crippen LogP contribution is -2.43. The summed E-state index contributed by atoms with van der Waals surface area (Å²) < 4.78 is 15.3. The number of hydrogen-bond acceptors (Lipinski definition) is 7. The third-order valence-electron chi connectivity index (χ3n) is 5.09. The van der Waals surface area contributed by atoms with Crippen LogP contribution in [-0.4, -0.2) is 44.1 Å². The van der Waals surface area contributed by atoms with Gasteiger partial charge in [0.05, 0.1) is 20.8 Å². The van der Waals surface area contributed by atoms with Crippen molar-refractivity contribution in [1.82, 2.24) is 0 Å². The van der Waals surface area contributed by atoms with Crippen LogP contribution in [0.2, 0.25) is 0 Å². The number of esters is 1. The van der Waals surface area contributed by atoms with Crippen LogP contribution in [0, 0.1) is 5.41 Å². The van der Waals surface area contributed by atoms with Gasteiger partial charge < -0.3 is 14.2 Å². The first-order valence-electron chi connectivity index (χ1n) is 9.80. The van der Waals surface area contributed by atoms with Gasteiger partial charge in [0.25, 0.3) is 0 Å². The van der Waals surface area contributed by atoms with Crippen LogP contribution in [0.1, 0.15) is 47.4 Å². The van der Waals surface area contributed by atoms with Crippen LogP contribution in [0.25, 0.3) is 0 Å². The second-order valence-electron chi connectivity index (χ2n) is 7.02. The summed E-state index contributed by atoms with van der Waals surface area (Å²) in [6, 6.07) is 12.6. The molecule has 0 aliphatic carbocycles. The number of methoxy groups -OCH3 is 2. The van der Waals surface area contributed by atoms with Gasteiger partial charge >= 0.3 is 5.97 Å². The van der Waals surface area contributed by atoms with Crippen LogP contribution in [0.4, 0.5) is 0 Å². The van der Waals surface area contributed by atoms with Crippen molar-refractivity contribution in [3.63, 3.8) is 0 Å². The molecule has 0 aromatic heterocycles. The molecule has 164 valence electrons. The minimum Gasteiger partial charge on any atom is -0.497 e. The Labute approximate surface area is 181 Å². The Morgan fingerprint density at radius 1 is 0.742 bits per heavy atom. The molecule has 0 aliphatic rings. The van der Waals surface area contributed by atoms with Gasteiger partial charge in [-0.05, 0) is 62.4 Å². The first-order valence-corrected chi connectivity index (χ1v) is 9.80. The largest absolute Gasteiger partial charge is 0.497 e. The molecule has 0 bridgehead atoms. The number of carbonyl (C=O) groups excluding carboxylic acids is 4. The molecule has 0 heterocycles. The van der Waals surface area contributed by atoms with Gasteiger partial charge in [0.15, 0.2) is 11.6 Å². The number of carbonyl (C=O) groups is 4. The fourth-order valence-electron chi connectivity index (χ4n) is 3.17. The highest BCUT2D eigenvalue weighted by Gasteiger charge is 2.48. The van der Waals surface area contributed by atoms with E-state index in [1.54, 1.807) is 55.5 Å². The van der Waals surface area contributed by atoms with Gasteiger partial charge in [-0.3, -0.25) is 19.2 Å². The molecule has 0 radical (unpaired) electrons. The third kappa shape index (κ3) is 5.57. The van der Waals surface area contributed by atoms with Crippen molar-refractivity contribution in [3.05, 3.63) is 59.7 Å². The summed E-state index contributed by atoms with van der Waals surface area (Å²) in [7, 11) is 3.01. The van der Waals surface area contributed by atoms with E-state index in [0.29, 0.717) is 22.6 Å². The van der Waals surface area contributed by atoms with Crippen LogP contribution in [0.3, 0.4) is 0 Å². The quantitative estimate of drug-likeness (QED) is 0.307. The van der Waals surface area contributed by atoms with Gasteiger partial charge in [0.1, 0.15) is 22.7 Å². The molecular weight excluding hydrogens is 400 g/mol. The molecule has 2 rings (SSSR count). The normalized spacial score (nSPS) is 10.8. The molecule has 0 amide bonds. The molecule has 0 spiro atoms. The summed E-state index contributed by atoms with van der Waals surface area (Å²) in [5, 5.41) is 0. The van der Waals surface area contributed by atoms with Crippen LogP contribution >= 0.6 is 0 Å². The lowest BCUT2D eigenvalue weighted by molar-refractivity contribution is -0.159. The molecule has 31 heavy (non-hydrogen) atoms.